The summed E-state index contributed by atoms with van der Waals surface area (Å²) in [5.74, 6) is 1.00. The Morgan fingerprint density at radius 2 is 2.00 bits per heavy atom. The highest BCUT2D eigenvalue weighted by atomic mass is 16.5. The summed E-state index contributed by atoms with van der Waals surface area (Å²) in [6.07, 6.45) is 2.33. The summed E-state index contributed by atoms with van der Waals surface area (Å²) in [6.45, 7) is 8.00. The van der Waals surface area contributed by atoms with Crippen molar-refractivity contribution in [1.82, 2.24) is 20.5 Å². The molecule has 2 atom stereocenters. The molecule has 2 N–H and O–H groups in total. The first-order valence-corrected chi connectivity index (χ1v) is 9.45. The zero-order chi connectivity index (χ0) is 19.8. The lowest BCUT2D eigenvalue weighted by Crippen LogP contribution is -2.32. The Hall–Kier alpha value is -2.70. The van der Waals surface area contributed by atoms with Crippen LogP contribution in [0.1, 0.15) is 52.7 Å². The zero-order valence-electron chi connectivity index (χ0n) is 16.4. The SMILES string of the molecule is CC[C@@H](C)Oc1cccc(-c2nnc(CCC(=O)N[C@@H](C)CC)c(=O)[nH]2)c1. The number of carbonyl (C=O) groups excluding carboxylic acids is 1. The van der Waals surface area contributed by atoms with Gasteiger partial charge in [0.05, 0.1) is 6.10 Å². The first kappa shape index (κ1) is 20.6. The normalized spacial score (nSPS) is 13.0. The van der Waals surface area contributed by atoms with Gasteiger partial charge in [-0.3, -0.25) is 9.59 Å². The third-order valence-electron chi connectivity index (χ3n) is 4.39. The zero-order valence-corrected chi connectivity index (χ0v) is 16.4. The van der Waals surface area contributed by atoms with Crippen LogP contribution in [0, 0.1) is 0 Å². The van der Waals surface area contributed by atoms with Crippen molar-refractivity contribution in [1.29, 1.82) is 0 Å². The third kappa shape index (κ3) is 6.20. The van der Waals surface area contributed by atoms with Crippen LogP contribution in [0.4, 0.5) is 0 Å². The maximum Gasteiger partial charge on any atom is 0.273 e. The molecule has 146 valence electrons. The molecule has 27 heavy (non-hydrogen) atoms. The molecule has 1 aromatic heterocycles. The van der Waals surface area contributed by atoms with E-state index in [-0.39, 0.29) is 42.1 Å². The van der Waals surface area contributed by atoms with Crippen molar-refractivity contribution in [3.63, 3.8) is 0 Å². The van der Waals surface area contributed by atoms with Gasteiger partial charge in [-0.05, 0) is 38.8 Å². The van der Waals surface area contributed by atoms with E-state index in [9.17, 15) is 9.59 Å². The topological polar surface area (TPSA) is 97.0 Å². The average Bonchev–Trinajstić information content (AvgIpc) is 2.66. The van der Waals surface area contributed by atoms with Crippen LogP contribution in [0.5, 0.6) is 5.75 Å². The summed E-state index contributed by atoms with van der Waals surface area (Å²) in [6, 6.07) is 7.49. The molecule has 0 aliphatic heterocycles. The fraction of sp³-hybridized carbons (Fsp3) is 0.500. The minimum absolute atomic E-state index is 0.0930. The van der Waals surface area contributed by atoms with Gasteiger partial charge in [-0.15, -0.1) is 10.2 Å². The van der Waals surface area contributed by atoms with Gasteiger partial charge in [0, 0.05) is 24.4 Å². The van der Waals surface area contributed by atoms with Crippen molar-refractivity contribution < 1.29 is 9.53 Å². The van der Waals surface area contributed by atoms with E-state index in [0.717, 1.165) is 24.2 Å². The maximum absolute atomic E-state index is 12.3. The van der Waals surface area contributed by atoms with Gasteiger partial charge >= 0.3 is 0 Å². The molecule has 0 aliphatic rings. The molecule has 0 radical (unpaired) electrons. The molecule has 0 saturated heterocycles. The summed E-state index contributed by atoms with van der Waals surface area (Å²) < 4.78 is 5.80. The fourth-order valence-electron chi connectivity index (χ4n) is 2.37. The largest absolute Gasteiger partial charge is 0.491 e. The molecule has 1 amide bonds. The van der Waals surface area contributed by atoms with Gasteiger partial charge in [-0.25, -0.2) is 0 Å². The van der Waals surface area contributed by atoms with Crippen LogP contribution in [0.2, 0.25) is 0 Å². The Bertz CT molecular complexity index is 819. The van der Waals surface area contributed by atoms with E-state index in [4.69, 9.17) is 4.74 Å². The summed E-state index contributed by atoms with van der Waals surface area (Å²) in [5.41, 5.74) is 0.649. The molecule has 2 aromatic rings. The van der Waals surface area contributed by atoms with Crippen molar-refractivity contribution in [3.05, 3.63) is 40.3 Å². The lowest BCUT2D eigenvalue weighted by Gasteiger charge is -2.13. The predicted octanol–water partition coefficient (Wildman–Crippen LogP) is 2.86. The molecule has 0 spiro atoms. The minimum atomic E-state index is -0.329. The Kier molecular flexibility index (Phi) is 7.52. The monoisotopic (exact) mass is 372 g/mol. The molecule has 7 nitrogen and oxygen atoms in total. The number of benzene rings is 1. The molecule has 0 aliphatic carbocycles. The third-order valence-corrected chi connectivity index (χ3v) is 4.39. The number of H-pyrrole nitrogens is 1. The van der Waals surface area contributed by atoms with Crippen LogP contribution in [-0.2, 0) is 11.2 Å². The second-order valence-electron chi connectivity index (χ2n) is 6.69. The lowest BCUT2D eigenvalue weighted by atomic mass is 10.2. The number of hydrogen-bond donors (Lipinski definition) is 2. The van der Waals surface area contributed by atoms with E-state index in [1.807, 2.05) is 45.0 Å². The molecule has 0 bridgehead atoms. The highest BCUT2D eigenvalue weighted by molar-refractivity contribution is 5.76. The number of rotatable bonds is 9. The van der Waals surface area contributed by atoms with Gasteiger partial charge in [0.15, 0.2) is 5.82 Å². The van der Waals surface area contributed by atoms with Crippen LogP contribution in [0.3, 0.4) is 0 Å². The van der Waals surface area contributed by atoms with E-state index in [2.05, 4.69) is 27.4 Å². The summed E-state index contributed by atoms with van der Waals surface area (Å²) in [7, 11) is 0. The molecule has 0 saturated carbocycles. The van der Waals surface area contributed by atoms with Gasteiger partial charge in [0.1, 0.15) is 11.4 Å². The number of amides is 1. The lowest BCUT2D eigenvalue weighted by molar-refractivity contribution is -0.121. The molecule has 1 heterocycles. The molecule has 0 unspecified atom stereocenters. The van der Waals surface area contributed by atoms with Gasteiger partial charge < -0.3 is 15.0 Å². The highest BCUT2D eigenvalue weighted by Crippen LogP contribution is 2.21. The van der Waals surface area contributed by atoms with Crippen LogP contribution in [0.15, 0.2) is 29.1 Å². The summed E-state index contributed by atoms with van der Waals surface area (Å²) in [5, 5.41) is 11.0. The van der Waals surface area contributed by atoms with Crippen molar-refractivity contribution in [2.45, 2.75) is 65.5 Å². The maximum atomic E-state index is 12.3. The number of carbonyl (C=O) groups is 1. The molecule has 7 heteroatoms. The minimum Gasteiger partial charge on any atom is -0.491 e. The van der Waals surface area contributed by atoms with E-state index in [0.29, 0.717) is 5.82 Å². The smallest absolute Gasteiger partial charge is 0.273 e. The Labute approximate surface area is 159 Å². The Morgan fingerprint density at radius 1 is 1.22 bits per heavy atom. The second kappa shape index (κ2) is 9.85. The number of nitrogens with one attached hydrogen (secondary N) is 2. The van der Waals surface area contributed by atoms with Crippen molar-refractivity contribution in [2.75, 3.05) is 0 Å². The van der Waals surface area contributed by atoms with E-state index < -0.39 is 0 Å². The average molecular weight is 372 g/mol. The number of nitrogens with zero attached hydrogens (tertiary/aromatic N) is 2. The van der Waals surface area contributed by atoms with E-state index in [1.54, 1.807) is 0 Å². The molecular formula is C20H28N4O3. The van der Waals surface area contributed by atoms with Crippen LogP contribution in [0.25, 0.3) is 11.4 Å². The van der Waals surface area contributed by atoms with Crippen LogP contribution < -0.4 is 15.6 Å². The molecule has 0 fully saturated rings. The highest BCUT2D eigenvalue weighted by Gasteiger charge is 2.11. The van der Waals surface area contributed by atoms with Crippen molar-refractivity contribution in [2.24, 2.45) is 0 Å². The fourth-order valence-corrected chi connectivity index (χ4v) is 2.37. The Morgan fingerprint density at radius 3 is 2.67 bits per heavy atom. The van der Waals surface area contributed by atoms with E-state index >= 15 is 0 Å². The van der Waals surface area contributed by atoms with Crippen LogP contribution in [-0.4, -0.2) is 33.2 Å². The second-order valence-corrected chi connectivity index (χ2v) is 6.69. The van der Waals surface area contributed by atoms with E-state index in [1.165, 1.54) is 0 Å². The number of hydrogen-bond acceptors (Lipinski definition) is 5. The Balaban J connectivity index is 2.07. The standard InChI is InChI=1S/C20H28N4O3/c1-5-13(3)21-18(25)11-10-17-20(26)22-19(24-23-17)15-8-7-9-16(12-15)27-14(4)6-2/h7-9,12-14H,5-6,10-11H2,1-4H3,(H,21,25)(H,22,24,26)/t13-,14+/m0/s1. The first-order chi connectivity index (χ1) is 12.9. The van der Waals surface area contributed by atoms with Gasteiger partial charge in [0.2, 0.25) is 5.91 Å². The van der Waals surface area contributed by atoms with Gasteiger partial charge in [0.25, 0.3) is 5.56 Å². The number of aromatic amines is 1. The number of ether oxygens (including phenoxy) is 1. The molecular weight excluding hydrogens is 344 g/mol. The summed E-state index contributed by atoms with van der Waals surface area (Å²) in [4.78, 5) is 26.9. The predicted molar refractivity (Wildman–Crippen MR) is 105 cm³/mol. The molecule has 2 rings (SSSR count). The number of aryl methyl sites for hydroxylation is 1. The summed E-state index contributed by atoms with van der Waals surface area (Å²) >= 11 is 0. The molecule has 1 aromatic carbocycles. The number of aromatic nitrogens is 3. The van der Waals surface area contributed by atoms with Crippen LogP contribution >= 0.6 is 0 Å². The quantitative estimate of drug-likeness (QED) is 0.705. The van der Waals surface area contributed by atoms with Crippen molar-refractivity contribution >= 4 is 5.91 Å². The van der Waals surface area contributed by atoms with Gasteiger partial charge in [-0.2, -0.15) is 0 Å². The first-order valence-electron chi connectivity index (χ1n) is 9.45. The van der Waals surface area contributed by atoms with Crippen molar-refractivity contribution in [3.8, 4) is 17.1 Å². The van der Waals surface area contributed by atoms with Gasteiger partial charge in [-0.1, -0.05) is 26.0 Å².